The Kier molecular flexibility index (Phi) is 4.93. The highest BCUT2D eigenvalue weighted by atomic mass is 16.5. The second-order valence-corrected chi connectivity index (χ2v) is 5.06. The molecule has 2 N–H and O–H groups in total. The lowest BCUT2D eigenvalue weighted by Crippen LogP contribution is -2.36. The van der Waals surface area contributed by atoms with Crippen molar-refractivity contribution in [3.63, 3.8) is 0 Å². The third-order valence-corrected chi connectivity index (χ3v) is 3.60. The Morgan fingerprint density at radius 1 is 1.47 bits per heavy atom. The Morgan fingerprint density at radius 2 is 2.21 bits per heavy atom. The molecule has 0 bridgehead atoms. The van der Waals surface area contributed by atoms with Crippen LogP contribution in [0.3, 0.4) is 0 Å². The zero-order chi connectivity index (χ0) is 13.7. The molecule has 1 heterocycles. The minimum atomic E-state index is -0.792. The molecule has 1 aromatic rings. The van der Waals surface area contributed by atoms with Crippen molar-refractivity contribution in [2.45, 2.75) is 44.9 Å². The van der Waals surface area contributed by atoms with Crippen molar-refractivity contribution >= 4 is 5.97 Å². The fourth-order valence-electron chi connectivity index (χ4n) is 2.46. The fraction of sp³-hybridized carbons (Fsp3) is 0.533. The molecular weight excluding hydrogens is 242 g/mol. The van der Waals surface area contributed by atoms with Gasteiger partial charge < -0.3 is 15.2 Å². The number of carbonyl (C=O) groups is 1. The van der Waals surface area contributed by atoms with Gasteiger partial charge in [-0.15, -0.1) is 0 Å². The van der Waals surface area contributed by atoms with Crippen LogP contribution in [0.25, 0.3) is 0 Å². The zero-order valence-corrected chi connectivity index (χ0v) is 11.3. The maximum atomic E-state index is 10.8. The van der Waals surface area contributed by atoms with Gasteiger partial charge in [0.25, 0.3) is 0 Å². The second kappa shape index (κ2) is 6.68. The van der Waals surface area contributed by atoms with Gasteiger partial charge in [-0.2, -0.15) is 0 Å². The van der Waals surface area contributed by atoms with E-state index in [4.69, 9.17) is 9.84 Å². The maximum absolute atomic E-state index is 10.8. The largest absolute Gasteiger partial charge is 0.481 e. The molecule has 1 aliphatic heterocycles. The number of carboxylic acid groups (broad SMARTS) is 1. The van der Waals surface area contributed by atoms with Gasteiger partial charge in [-0.1, -0.05) is 24.3 Å². The van der Waals surface area contributed by atoms with Gasteiger partial charge in [0, 0.05) is 19.2 Å². The molecule has 0 saturated carbocycles. The van der Waals surface area contributed by atoms with Crippen molar-refractivity contribution in [1.29, 1.82) is 0 Å². The molecular formula is C15H21NO3. The van der Waals surface area contributed by atoms with Crippen LogP contribution in [0.2, 0.25) is 0 Å². The lowest BCUT2D eigenvalue weighted by Gasteiger charge is -2.20. The highest BCUT2D eigenvalue weighted by molar-refractivity contribution is 5.70. The first-order chi connectivity index (χ1) is 9.16. The molecule has 0 amide bonds. The Labute approximate surface area is 113 Å². The number of carboxylic acids is 1. The van der Waals surface area contributed by atoms with E-state index in [0.29, 0.717) is 12.6 Å². The van der Waals surface area contributed by atoms with E-state index in [1.807, 2.05) is 24.3 Å². The third kappa shape index (κ3) is 4.04. The van der Waals surface area contributed by atoms with Crippen LogP contribution in [0.15, 0.2) is 24.3 Å². The molecule has 0 radical (unpaired) electrons. The van der Waals surface area contributed by atoms with E-state index in [9.17, 15) is 4.79 Å². The van der Waals surface area contributed by atoms with Gasteiger partial charge in [0.2, 0.25) is 0 Å². The van der Waals surface area contributed by atoms with E-state index in [1.54, 1.807) is 0 Å². The zero-order valence-electron chi connectivity index (χ0n) is 11.3. The Hall–Kier alpha value is -1.39. The number of hydrogen-bond donors (Lipinski definition) is 2. The van der Waals surface area contributed by atoms with Gasteiger partial charge in [0.05, 0.1) is 12.5 Å². The van der Waals surface area contributed by atoms with Crippen molar-refractivity contribution < 1.29 is 14.6 Å². The highest BCUT2D eigenvalue weighted by Gasteiger charge is 2.21. The number of aliphatic carboxylic acids is 1. The molecule has 2 unspecified atom stereocenters. The van der Waals surface area contributed by atoms with Gasteiger partial charge in [-0.25, -0.2) is 0 Å². The lowest BCUT2D eigenvalue weighted by atomic mass is 10.0. The van der Waals surface area contributed by atoms with Gasteiger partial charge in [-0.05, 0) is 30.9 Å². The van der Waals surface area contributed by atoms with Crippen LogP contribution in [0.5, 0.6) is 0 Å². The summed E-state index contributed by atoms with van der Waals surface area (Å²) in [6.07, 6.45) is 2.59. The van der Waals surface area contributed by atoms with Crippen LogP contribution >= 0.6 is 0 Å². The molecule has 2 rings (SSSR count). The normalized spacial score (nSPS) is 20.4. The van der Waals surface area contributed by atoms with Gasteiger partial charge in [0.15, 0.2) is 0 Å². The monoisotopic (exact) mass is 263 g/mol. The highest BCUT2D eigenvalue weighted by Crippen LogP contribution is 2.16. The van der Waals surface area contributed by atoms with Crippen LogP contribution < -0.4 is 5.32 Å². The van der Waals surface area contributed by atoms with E-state index in [0.717, 1.165) is 30.6 Å². The second-order valence-electron chi connectivity index (χ2n) is 5.06. The van der Waals surface area contributed by atoms with Crippen LogP contribution in [-0.4, -0.2) is 29.8 Å². The van der Waals surface area contributed by atoms with E-state index in [2.05, 4.69) is 12.2 Å². The van der Waals surface area contributed by atoms with E-state index >= 15 is 0 Å². The van der Waals surface area contributed by atoms with Crippen molar-refractivity contribution in [3.8, 4) is 0 Å². The van der Waals surface area contributed by atoms with E-state index in [1.165, 1.54) is 0 Å². The summed E-state index contributed by atoms with van der Waals surface area (Å²) in [5.74, 6) is -0.792. The Bertz CT molecular complexity index is 427. The molecule has 1 fully saturated rings. The first kappa shape index (κ1) is 14.0. The molecule has 104 valence electrons. The van der Waals surface area contributed by atoms with Gasteiger partial charge in [-0.3, -0.25) is 4.79 Å². The minimum absolute atomic E-state index is 0.0756. The lowest BCUT2D eigenvalue weighted by molar-refractivity contribution is -0.136. The fourth-order valence-corrected chi connectivity index (χ4v) is 2.46. The van der Waals surface area contributed by atoms with Crippen molar-refractivity contribution in [1.82, 2.24) is 5.32 Å². The molecule has 19 heavy (non-hydrogen) atoms. The van der Waals surface area contributed by atoms with Crippen molar-refractivity contribution in [2.24, 2.45) is 0 Å². The molecule has 1 aliphatic rings. The number of benzene rings is 1. The molecule has 0 aromatic heterocycles. The van der Waals surface area contributed by atoms with Gasteiger partial charge in [0.1, 0.15) is 0 Å². The molecule has 1 saturated heterocycles. The van der Waals surface area contributed by atoms with Gasteiger partial charge >= 0.3 is 5.97 Å². The predicted molar refractivity (Wildman–Crippen MR) is 73.1 cm³/mol. The molecule has 0 spiro atoms. The summed E-state index contributed by atoms with van der Waals surface area (Å²) in [5, 5.41) is 12.3. The summed E-state index contributed by atoms with van der Waals surface area (Å²) in [6.45, 7) is 3.66. The summed E-state index contributed by atoms with van der Waals surface area (Å²) in [6, 6.07) is 7.97. The number of nitrogens with one attached hydrogen (secondary N) is 1. The minimum Gasteiger partial charge on any atom is -0.481 e. The molecule has 1 aromatic carbocycles. The molecule has 4 heteroatoms. The Balaban J connectivity index is 1.92. The van der Waals surface area contributed by atoms with Crippen LogP contribution in [0.1, 0.15) is 30.9 Å². The van der Waals surface area contributed by atoms with E-state index < -0.39 is 5.97 Å². The number of rotatable bonds is 6. The Morgan fingerprint density at radius 3 is 2.84 bits per heavy atom. The quantitative estimate of drug-likeness (QED) is 0.824. The smallest absolute Gasteiger partial charge is 0.307 e. The van der Waals surface area contributed by atoms with Crippen molar-refractivity contribution in [3.05, 3.63) is 35.4 Å². The number of hydrogen-bond acceptors (Lipinski definition) is 3. The third-order valence-electron chi connectivity index (χ3n) is 3.60. The van der Waals surface area contributed by atoms with Crippen molar-refractivity contribution in [2.75, 3.05) is 6.61 Å². The maximum Gasteiger partial charge on any atom is 0.307 e. The summed E-state index contributed by atoms with van der Waals surface area (Å²) >= 11 is 0. The molecule has 4 nitrogen and oxygen atoms in total. The standard InChI is InChI=1S/C15H21NO3/c1-11(14-7-4-8-19-14)16-10-13-6-3-2-5-12(13)9-15(17)18/h2-3,5-6,11,14,16H,4,7-10H2,1H3,(H,17,18). The predicted octanol–water partition coefficient (Wildman–Crippen LogP) is 1.97. The first-order valence-electron chi connectivity index (χ1n) is 6.80. The van der Waals surface area contributed by atoms with Crippen LogP contribution in [-0.2, 0) is 22.5 Å². The first-order valence-corrected chi connectivity index (χ1v) is 6.80. The summed E-state index contributed by atoms with van der Waals surface area (Å²) in [7, 11) is 0. The van der Waals surface area contributed by atoms with E-state index in [-0.39, 0.29) is 12.5 Å². The topological polar surface area (TPSA) is 58.6 Å². The van der Waals surface area contributed by atoms with Crippen LogP contribution in [0, 0.1) is 0 Å². The summed E-state index contributed by atoms with van der Waals surface area (Å²) in [4.78, 5) is 10.8. The van der Waals surface area contributed by atoms with Crippen LogP contribution in [0.4, 0.5) is 0 Å². The number of ether oxygens (including phenoxy) is 1. The molecule has 2 atom stereocenters. The summed E-state index contributed by atoms with van der Waals surface area (Å²) < 4.78 is 5.64. The average Bonchev–Trinajstić information content (AvgIpc) is 2.90. The average molecular weight is 263 g/mol. The molecule has 0 aliphatic carbocycles. The SMILES string of the molecule is CC(NCc1ccccc1CC(=O)O)C1CCCO1. The summed E-state index contributed by atoms with van der Waals surface area (Å²) in [5.41, 5.74) is 1.93.